The molecule has 0 bridgehead atoms. The number of imide groups is 1. The minimum Gasteiger partial charge on any atom is -0.439 e. The van der Waals surface area contributed by atoms with Gasteiger partial charge in [-0.15, -0.1) is 0 Å². The number of cyclic esters (lactones) is 1. The SMILES string of the molecule is CC1(C(O)C2C=CCCC2)OC(=O)NC(=O)C1CCO. The molecule has 1 aliphatic heterocycles. The number of hydrogen-bond donors (Lipinski definition) is 3. The fourth-order valence-corrected chi connectivity index (χ4v) is 3.08. The first kappa shape index (κ1) is 15.0. The molecule has 6 nitrogen and oxygen atoms in total. The molecule has 4 atom stereocenters. The Morgan fingerprint density at radius 3 is 2.90 bits per heavy atom. The average molecular weight is 283 g/mol. The Morgan fingerprint density at radius 2 is 2.30 bits per heavy atom. The Bertz CT molecular complexity index is 422. The van der Waals surface area contributed by atoms with Crippen LogP contribution in [0.2, 0.25) is 0 Å². The quantitative estimate of drug-likeness (QED) is 0.661. The number of rotatable bonds is 4. The number of carbonyl (C=O) groups is 2. The number of hydrogen-bond acceptors (Lipinski definition) is 5. The van der Waals surface area contributed by atoms with E-state index in [9.17, 15) is 14.7 Å². The third-order valence-corrected chi connectivity index (χ3v) is 4.25. The third-order valence-electron chi connectivity index (χ3n) is 4.25. The van der Waals surface area contributed by atoms with Crippen molar-refractivity contribution in [2.45, 2.75) is 44.3 Å². The van der Waals surface area contributed by atoms with Gasteiger partial charge in [0.1, 0.15) is 11.7 Å². The van der Waals surface area contributed by atoms with Crippen molar-refractivity contribution in [1.29, 1.82) is 0 Å². The largest absolute Gasteiger partial charge is 0.439 e. The Kier molecular flexibility index (Phi) is 4.45. The lowest BCUT2D eigenvalue weighted by Gasteiger charge is -2.44. The smallest absolute Gasteiger partial charge is 0.414 e. The van der Waals surface area contributed by atoms with Crippen molar-refractivity contribution in [3.8, 4) is 0 Å². The van der Waals surface area contributed by atoms with E-state index >= 15 is 0 Å². The Morgan fingerprint density at radius 1 is 1.55 bits per heavy atom. The Balaban J connectivity index is 2.26. The summed E-state index contributed by atoms with van der Waals surface area (Å²) >= 11 is 0. The number of carbonyl (C=O) groups excluding carboxylic acids is 2. The van der Waals surface area contributed by atoms with Crippen LogP contribution in [0.1, 0.15) is 32.6 Å². The Hall–Kier alpha value is -1.40. The molecule has 0 radical (unpaired) electrons. The number of allylic oxidation sites excluding steroid dienone is 1. The van der Waals surface area contributed by atoms with Gasteiger partial charge < -0.3 is 14.9 Å². The van der Waals surface area contributed by atoms with Gasteiger partial charge in [0, 0.05) is 12.5 Å². The minimum absolute atomic E-state index is 0.142. The van der Waals surface area contributed by atoms with Gasteiger partial charge in [-0.3, -0.25) is 10.1 Å². The number of amides is 2. The maximum Gasteiger partial charge on any atom is 0.414 e. The van der Waals surface area contributed by atoms with Crippen LogP contribution in [0.5, 0.6) is 0 Å². The summed E-state index contributed by atoms with van der Waals surface area (Å²) in [5, 5.41) is 21.8. The van der Waals surface area contributed by atoms with Gasteiger partial charge >= 0.3 is 6.09 Å². The highest BCUT2D eigenvalue weighted by molar-refractivity contribution is 5.96. The van der Waals surface area contributed by atoms with Crippen molar-refractivity contribution in [2.75, 3.05) is 6.61 Å². The summed E-state index contributed by atoms with van der Waals surface area (Å²) in [6.07, 6.45) is 4.96. The maximum atomic E-state index is 11.9. The molecular formula is C14H21NO5. The first-order valence-electron chi connectivity index (χ1n) is 6.98. The van der Waals surface area contributed by atoms with Crippen LogP contribution in [0, 0.1) is 11.8 Å². The van der Waals surface area contributed by atoms with Crippen LogP contribution >= 0.6 is 0 Å². The van der Waals surface area contributed by atoms with E-state index < -0.39 is 29.6 Å². The van der Waals surface area contributed by atoms with Gasteiger partial charge in [0.25, 0.3) is 0 Å². The maximum absolute atomic E-state index is 11.9. The van der Waals surface area contributed by atoms with Gasteiger partial charge in [-0.1, -0.05) is 12.2 Å². The monoisotopic (exact) mass is 283 g/mol. The molecule has 1 aliphatic carbocycles. The average Bonchev–Trinajstić information content (AvgIpc) is 2.43. The molecule has 1 heterocycles. The summed E-state index contributed by atoms with van der Waals surface area (Å²) in [5.41, 5.74) is -1.31. The van der Waals surface area contributed by atoms with Crippen LogP contribution in [-0.4, -0.2) is 40.5 Å². The van der Waals surface area contributed by atoms with Gasteiger partial charge in [0.15, 0.2) is 0 Å². The van der Waals surface area contributed by atoms with Gasteiger partial charge in [0.05, 0.1) is 5.92 Å². The molecule has 0 saturated carbocycles. The minimum atomic E-state index is -1.31. The molecule has 0 aromatic heterocycles. The summed E-state index contributed by atoms with van der Waals surface area (Å²) in [5.74, 6) is -1.40. The summed E-state index contributed by atoms with van der Waals surface area (Å²) in [4.78, 5) is 23.4. The molecule has 0 aromatic rings. The zero-order valence-corrected chi connectivity index (χ0v) is 11.5. The second kappa shape index (κ2) is 5.93. The molecule has 2 amide bonds. The van der Waals surface area contributed by atoms with Crippen LogP contribution < -0.4 is 5.32 Å². The van der Waals surface area contributed by atoms with E-state index in [-0.39, 0.29) is 18.9 Å². The Labute approximate surface area is 117 Å². The lowest BCUT2D eigenvalue weighted by molar-refractivity contribution is -0.163. The highest BCUT2D eigenvalue weighted by Crippen LogP contribution is 2.37. The fourth-order valence-electron chi connectivity index (χ4n) is 3.08. The zero-order valence-electron chi connectivity index (χ0n) is 11.5. The number of aliphatic hydroxyl groups is 2. The topological polar surface area (TPSA) is 95.9 Å². The lowest BCUT2D eigenvalue weighted by atomic mass is 9.74. The first-order chi connectivity index (χ1) is 9.49. The molecule has 2 aliphatic rings. The molecule has 1 saturated heterocycles. The van der Waals surface area contributed by atoms with Crippen molar-refractivity contribution in [3.63, 3.8) is 0 Å². The molecule has 0 spiro atoms. The number of nitrogens with one attached hydrogen (secondary N) is 1. The van der Waals surface area contributed by atoms with Crippen LogP contribution in [0.3, 0.4) is 0 Å². The molecule has 4 unspecified atom stereocenters. The van der Waals surface area contributed by atoms with E-state index in [1.165, 1.54) is 0 Å². The van der Waals surface area contributed by atoms with Crippen molar-refractivity contribution in [3.05, 3.63) is 12.2 Å². The van der Waals surface area contributed by atoms with E-state index in [1.54, 1.807) is 6.92 Å². The normalized spacial score (nSPS) is 35.4. The number of ether oxygens (including phenoxy) is 1. The predicted molar refractivity (Wildman–Crippen MR) is 70.7 cm³/mol. The fraction of sp³-hybridized carbons (Fsp3) is 0.714. The molecule has 1 fully saturated rings. The zero-order chi connectivity index (χ0) is 14.8. The van der Waals surface area contributed by atoms with E-state index in [0.717, 1.165) is 19.3 Å². The second-order valence-electron chi connectivity index (χ2n) is 5.60. The first-order valence-corrected chi connectivity index (χ1v) is 6.98. The van der Waals surface area contributed by atoms with Crippen LogP contribution in [0.25, 0.3) is 0 Å². The summed E-state index contributed by atoms with van der Waals surface area (Å²) in [7, 11) is 0. The summed E-state index contributed by atoms with van der Waals surface area (Å²) in [6, 6.07) is 0. The summed E-state index contributed by atoms with van der Waals surface area (Å²) in [6.45, 7) is 1.36. The van der Waals surface area contributed by atoms with Crippen LogP contribution in [0.4, 0.5) is 4.79 Å². The van der Waals surface area contributed by atoms with Gasteiger partial charge in [-0.2, -0.15) is 0 Å². The van der Waals surface area contributed by atoms with Crippen molar-refractivity contribution in [2.24, 2.45) is 11.8 Å². The van der Waals surface area contributed by atoms with Gasteiger partial charge in [-0.25, -0.2) is 4.79 Å². The standard InChI is InChI=1S/C14H21NO5/c1-14(11(17)9-5-3-2-4-6-9)10(7-8-16)12(18)15-13(19)20-14/h3,5,9-11,16-17H,2,4,6-8H2,1H3,(H,15,18,19). The van der Waals surface area contributed by atoms with Crippen molar-refractivity contribution >= 4 is 12.0 Å². The van der Waals surface area contributed by atoms with Gasteiger partial charge in [0.2, 0.25) is 5.91 Å². The molecule has 112 valence electrons. The third kappa shape index (κ3) is 2.71. The second-order valence-corrected chi connectivity index (χ2v) is 5.60. The molecule has 3 N–H and O–H groups in total. The molecular weight excluding hydrogens is 262 g/mol. The van der Waals surface area contributed by atoms with E-state index in [1.807, 2.05) is 12.2 Å². The van der Waals surface area contributed by atoms with E-state index in [0.29, 0.717) is 0 Å². The number of alkyl carbamates (subject to hydrolysis) is 1. The lowest BCUT2D eigenvalue weighted by Crippen LogP contribution is -2.63. The summed E-state index contributed by atoms with van der Waals surface area (Å²) < 4.78 is 5.26. The van der Waals surface area contributed by atoms with E-state index in [4.69, 9.17) is 9.84 Å². The van der Waals surface area contributed by atoms with Gasteiger partial charge in [-0.05, 0) is 32.6 Å². The van der Waals surface area contributed by atoms with Crippen LogP contribution in [0.15, 0.2) is 12.2 Å². The number of aliphatic hydroxyl groups excluding tert-OH is 2. The van der Waals surface area contributed by atoms with Crippen molar-refractivity contribution in [1.82, 2.24) is 5.32 Å². The molecule has 20 heavy (non-hydrogen) atoms. The molecule has 0 aromatic carbocycles. The van der Waals surface area contributed by atoms with Crippen LogP contribution in [-0.2, 0) is 9.53 Å². The highest BCUT2D eigenvalue weighted by atomic mass is 16.6. The van der Waals surface area contributed by atoms with E-state index in [2.05, 4.69) is 5.32 Å². The predicted octanol–water partition coefficient (Wildman–Crippen LogP) is 0.727. The highest BCUT2D eigenvalue weighted by Gasteiger charge is 2.53. The van der Waals surface area contributed by atoms with Crippen molar-refractivity contribution < 1.29 is 24.5 Å². The molecule has 2 rings (SSSR count). The molecule has 6 heteroatoms.